The predicted octanol–water partition coefficient (Wildman–Crippen LogP) is 2.25. The number of nitrogens with one attached hydrogen (secondary N) is 1. The zero-order valence-electron chi connectivity index (χ0n) is 16.3. The highest BCUT2D eigenvalue weighted by atomic mass is 32.1. The van der Waals surface area contributed by atoms with Crippen molar-refractivity contribution >= 4 is 34.3 Å². The van der Waals surface area contributed by atoms with Gasteiger partial charge in [0.05, 0.1) is 19.2 Å². The lowest BCUT2D eigenvalue weighted by Gasteiger charge is -2.25. The van der Waals surface area contributed by atoms with Crippen molar-refractivity contribution in [1.29, 1.82) is 5.26 Å². The average molecular weight is 428 g/mol. The summed E-state index contributed by atoms with van der Waals surface area (Å²) in [5, 5.41) is 12.9. The highest BCUT2D eigenvalue weighted by Gasteiger charge is 2.28. The van der Waals surface area contributed by atoms with Crippen molar-refractivity contribution in [3.8, 4) is 6.07 Å². The van der Waals surface area contributed by atoms with Crippen LogP contribution in [0.5, 0.6) is 0 Å². The number of amides is 2. The number of ether oxygens (including phenoxy) is 2. The Balaban J connectivity index is 1.63. The Hall–Kier alpha value is -3.45. The summed E-state index contributed by atoms with van der Waals surface area (Å²) < 4.78 is 9.38. The van der Waals surface area contributed by atoms with Gasteiger partial charge in [0.2, 0.25) is 5.91 Å². The van der Waals surface area contributed by atoms with Crippen molar-refractivity contribution in [3.05, 3.63) is 46.1 Å². The minimum atomic E-state index is -0.639. The molecule has 1 N–H and O–H groups in total. The van der Waals surface area contributed by atoms with Crippen molar-refractivity contribution in [2.24, 2.45) is 0 Å². The molecule has 0 saturated heterocycles. The van der Waals surface area contributed by atoms with E-state index in [1.54, 1.807) is 6.20 Å². The topological polar surface area (TPSA) is 122 Å². The number of hydrogen-bond donors (Lipinski definition) is 1. The number of pyridine rings is 1. The van der Waals surface area contributed by atoms with Gasteiger partial charge >= 0.3 is 12.1 Å². The zero-order valence-corrected chi connectivity index (χ0v) is 17.2. The first-order valence-corrected chi connectivity index (χ1v) is 10.1. The van der Waals surface area contributed by atoms with Gasteiger partial charge in [-0.1, -0.05) is 6.07 Å². The van der Waals surface area contributed by atoms with Crippen LogP contribution in [-0.2, 0) is 38.4 Å². The summed E-state index contributed by atoms with van der Waals surface area (Å²) in [5.74, 6) is -0.843. The fourth-order valence-corrected chi connectivity index (χ4v) is 4.24. The number of hydrogen-bond acceptors (Lipinski definition) is 8. The molecule has 0 aliphatic carbocycles. The van der Waals surface area contributed by atoms with Crippen LogP contribution in [-0.4, -0.2) is 48.1 Å². The van der Waals surface area contributed by atoms with Gasteiger partial charge in [0, 0.05) is 29.7 Å². The first kappa shape index (κ1) is 21.3. The summed E-state index contributed by atoms with van der Waals surface area (Å²) in [7, 11) is 1.21. The Kier molecular flexibility index (Phi) is 6.98. The largest absolute Gasteiger partial charge is 0.466 e. The van der Waals surface area contributed by atoms with Gasteiger partial charge < -0.3 is 19.7 Å². The zero-order chi connectivity index (χ0) is 21.5. The maximum Gasteiger partial charge on any atom is 0.410 e. The minimum Gasteiger partial charge on any atom is -0.466 e. The Bertz CT molecular complexity index is 983. The third kappa shape index (κ3) is 5.12. The number of methoxy groups -OCH3 is 1. The van der Waals surface area contributed by atoms with E-state index in [2.05, 4.69) is 21.1 Å². The molecule has 0 saturated carbocycles. The molecule has 2 amide bonds. The molecule has 3 heterocycles. The van der Waals surface area contributed by atoms with Crippen LogP contribution in [0.3, 0.4) is 0 Å². The van der Waals surface area contributed by atoms with Crippen LogP contribution in [0.15, 0.2) is 24.4 Å². The lowest BCUT2D eigenvalue weighted by molar-refractivity contribution is -0.144. The Morgan fingerprint density at radius 3 is 2.90 bits per heavy atom. The van der Waals surface area contributed by atoms with Crippen molar-refractivity contribution in [3.63, 3.8) is 0 Å². The Labute approximate surface area is 177 Å². The van der Waals surface area contributed by atoms with E-state index >= 15 is 0 Å². The minimum absolute atomic E-state index is 0.204. The monoisotopic (exact) mass is 428 g/mol. The number of esters is 1. The molecule has 9 nitrogen and oxygen atoms in total. The molecule has 10 heteroatoms. The quantitative estimate of drug-likeness (QED) is 0.700. The smallest absolute Gasteiger partial charge is 0.410 e. The number of aromatic nitrogens is 1. The van der Waals surface area contributed by atoms with Crippen LogP contribution in [0.2, 0.25) is 0 Å². The third-order valence-corrected chi connectivity index (χ3v) is 5.69. The molecule has 0 radical (unpaired) electrons. The molecule has 0 unspecified atom stereocenters. The molecule has 30 heavy (non-hydrogen) atoms. The number of fused-ring (bicyclic) bond motifs is 1. The summed E-state index contributed by atoms with van der Waals surface area (Å²) in [5.41, 5.74) is 2.09. The summed E-state index contributed by atoms with van der Waals surface area (Å²) in [4.78, 5) is 42.1. The predicted molar refractivity (Wildman–Crippen MR) is 108 cm³/mol. The lowest BCUT2D eigenvalue weighted by atomic mass is 10.0. The second-order valence-electron chi connectivity index (χ2n) is 6.49. The van der Waals surface area contributed by atoms with Crippen LogP contribution in [0.25, 0.3) is 0 Å². The first-order valence-electron chi connectivity index (χ1n) is 9.24. The van der Waals surface area contributed by atoms with Gasteiger partial charge in [0.1, 0.15) is 11.1 Å². The van der Waals surface area contributed by atoms with Crippen LogP contribution in [0.1, 0.15) is 28.1 Å². The molecule has 0 bridgehead atoms. The fourth-order valence-electron chi connectivity index (χ4n) is 3.01. The fraction of sp³-hybridized carbons (Fsp3) is 0.350. The third-order valence-electron chi connectivity index (χ3n) is 4.56. The molecule has 2 aromatic rings. The number of anilines is 1. The SMILES string of the molecule is COC(=O)COC(=O)N1CCc2c(sc(NC(=O)CCc3ccccn3)c2C#N)C1. The van der Waals surface area contributed by atoms with Gasteiger partial charge in [-0.05, 0) is 30.5 Å². The second-order valence-corrected chi connectivity index (χ2v) is 7.60. The van der Waals surface area contributed by atoms with E-state index < -0.39 is 18.7 Å². The van der Waals surface area contributed by atoms with E-state index in [-0.39, 0.29) is 18.9 Å². The number of nitriles is 1. The molecule has 156 valence electrons. The molecule has 0 spiro atoms. The number of aryl methyl sites for hydroxylation is 1. The van der Waals surface area contributed by atoms with Crippen LogP contribution >= 0.6 is 11.3 Å². The van der Waals surface area contributed by atoms with E-state index in [0.717, 1.165) is 16.1 Å². The van der Waals surface area contributed by atoms with E-state index in [9.17, 15) is 19.6 Å². The summed E-state index contributed by atoms with van der Waals surface area (Å²) >= 11 is 1.28. The molecular formula is C20H20N4O5S. The summed E-state index contributed by atoms with van der Waals surface area (Å²) in [6.45, 7) is 0.147. The van der Waals surface area contributed by atoms with Crippen LogP contribution < -0.4 is 5.32 Å². The van der Waals surface area contributed by atoms with Crippen molar-refractivity contribution in [1.82, 2.24) is 9.88 Å². The van der Waals surface area contributed by atoms with Gasteiger partial charge in [-0.25, -0.2) is 9.59 Å². The van der Waals surface area contributed by atoms with E-state index in [0.29, 0.717) is 30.0 Å². The normalized spacial score (nSPS) is 12.5. The first-order chi connectivity index (χ1) is 14.5. The van der Waals surface area contributed by atoms with Crippen molar-refractivity contribution < 1.29 is 23.9 Å². The van der Waals surface area contributed by atoms with Crippen molar-refractivity contribution in [2.45, 2.75) is 25.8 Å². The molecule has 1 aliphatic rings. The van der Waals surface area contributed by atoms with Crippen LogP contribution in [0, 0.1) is 11.3 Å². The highest BCUT2D eigenvalue weighted by molar-refractivity contribution is 7.16. The van der Waals surface area contributed by atoms with E-state index in [1.807, 2.05) is 18.2 Å². The van der Waals surface area contributed by atoms with Gasteiger partial charge in [-0.15, -0.1) is 11.3 Å². The highest BCUT2D eigenvalue weighted by Crippen LogP contribution is 2.36. The molecule has 0 aromatic carbocycles. The molecule has 3 rings (SSSR count). The maximum atomic E-state index is 12.3. The second kappa shape index (κ2) is 9.84. The Morgan fingerprint density at radius 1 is 1.37 bits per heavy atom. The summed E-state index contributed by atoms with van der Waals surface area (Å²) in [6, 6.07) is 7.69. The van der Waals surface area contributed by atoms with Gasteiger partial charge in [-0.2, -0.15) is 5.26 Å². The van der Waals surface area contributed by atoms with Gasteiger partial charge in [0.25, 0.3) is 0 Å². The number of rotatable bonds is 6. The lowest BCUT2D eigenvalue weighted by Crippen LogP contribution is -2.36. The molecule has 1 aliphatic heterocycles. The Morgan fingerprint density at radius 2 is 2.20 bits per heavy atom. The van der Waals surface area contributed by atoms with Gasteiger partial charge in [0.15, 0.2) is 6.61 Å². The van der Waals surface area contributed by atoms with Gasteiger partial charge in [-0.3, -0.25) is 9.78 Å². The number of nitrogens with zero attached hydrogens (tertiary/aromatic N) is 3. The van der Waals surface area contributed by atoms with E-state index in [4.69, 9.17) is 4.74 Å². The number of thiophene rings is 1. The molecule has 0 atom stereocenters. The molecular weight excluding hydrogens is 408 g/mol. The van der Waals surface area contributed by atoms with Crippen LogP contribution in [0.4, 0.5) is 9.80 Å². The average Bonchev–Trinajstić information content (AvgIpc) is 3.12. The molecule has 0 fully saturated rings. The maximum absolute atomic E-state index is 12.3. The van der Waals surface area contributed by atoms with E-state index in [1.165, 1.54) is 23.3 Å². The summed E-state index contributed by atoms with van der Waals surface area (Å²) in [6.07, 6.45) is 2.26. The number of carbonyl (C=O) groups is 3. The number of carbonyl (C=O) groups excluding carboxylic acids is 3. The standard InChI is InChI=1S/C20H20N4O5S/c1-28-18(26)12-29-20(27)24-9-7-14-15(10-21)19(30-16(14)11-24)23-17(25)6-5-13-4-2-3-8-22-13/h2-4,8H,5-7,9,11-12H2,1H3,(H,23,25). The van der Waals surface area contributed by atoms with Crippen molar-refractivity contribution in [2.75, 3.05) is 25.6 Å². The molecule has 2 aromatic heterocycles.